The SMILES string of the molecule is CN.CSc1c(C2CC3CCC(C2)N3)nc2c(-c3ccc(-c4ccccc4)nc3)cnn2c1N.N=C(/C=C/C=O)CN. The van der Waals surface area contributed by atoms with Crippen molar-refractivity contribution in [3.8, 4) is 22.4 Å². The molecule has 5 heterocycles. The van der Waals surface area contributed by atoms with Gasteiger partial charge in [-0.1, -0.05) is 36.4 Å². The molecule has 0 saturated carbocycles. The molecule has 2 saturated heterocycles. The van der Waals surface area contributed by atoms with Crippen molar-refractivity contribution in [2.45, 2.75) is 48.6 Å². The van der Waals surface area contributed by atoms with Crippen LogP contribution < -0.4 is 22.5 Å². The Bertz CT molecular complexity index is 1510. The van der Waals surface area contributed by atoms with Crippen LogP contribution in [0.3, 0.4) is 0 Å². The van der Waals surface area contributed by atoms with E-state index in [4.69, 9.17) is 26.8 Å². The van der Waals surface area contributed by atoms with Crippen LogP contribution in [0.4, 0.5) is 5.82 Å². The van der Waals surface area contributed by atoms with E-state index in [0.29, 0.717) is 30.1 Å². The molecule has 11 heteroatoms. The zero-order valence-corrected chi connectivity index (χ0v) is 24.8. The smallest absolute Gasteiger partial charge is 0.165 e. The number of nitrogens with one attached hydrogen (secondary N) is 2. The van der Waals surface area contributed by atoms with E-state index < -0.39 is 0 Å². The zero-order valence-electron chi connectivity index (χ0n) is 24.0. The van der Waals surface area contributed by atoms with Gasteiger partial charge in [-0.3, -0.25) is 9.78 Å². The maximum Gasteiger partial charge on any atom is 0.165 e. The van der Waals surface area contributed by atoms with Crippen molar-refractivity contribution in [2.24, 2.45) is 11.5 Å². The van der Waals surface area contributed by atoms with Crippen LogP contribution >= 0.6 is 11.8 Å². The van der Waals surface area contributed by atoms with Crippen molar-refractivity contribution >= 4 is 35.2 Å². The number of hydrogen-bond acceptors (Lipinski definition) is 10. The quantitative estimate of drug-likeness (QED) is 0.0927. The number of piperidine rings is 1. The van der Waals surface area contributed by atoms with Crippen molar-refractivity contribution in [3.63, 3.8) is 0 Å². The molecule has 2 unspecified atom stereocenters. The third kappa shape index (κ3) is 6.93. The molecule has 2 aliphatic rings. The number of aromatic nitrogens is 4. The van der Waals surface area contributed by atoms with Gasteiger partial charge in [-0.2, -0.15) is 9.61 Å². The lowest BCUT2D eigenvalue weighted by molar-refractivity contribution is -0.104. The summed E-state index contributed by atoms with van der Waals surface area (Å²) in [6.07, 6.45) is 13.9. The molecule has 2 fully saturated rings. The summed E-state index contributed by atoms with van der Waals surface area (Å²) in [5.41, 5.74) is 22.4. The predicted molar refractivity (Wildman–Crippen MR) is 172 cm³/mol. The van der Waals surface area contributed by atoms with Gasteiger partial charge in [0, 0.05) is 53.1 Å². The molecular formula is C31H39N9OS. The van der Waals surface area contributed by atoms with Gasteiger partial charge in [-0.05, 0) is 57.2 Å². The number of carbonyl (C=O) groups excluding carboxylic acids is 1. The van der Waals surface area contributed by atoms with Crippen molar-refractivity contribution in [1.82, 2.24) is 24.9 Å². The highest BCUT2D eigenvalue weighted by Gasteiger charge is 2.36. The predicted octanol–water partition coefficient (Wildman–Crippen LogP) is 4.06. The normalized spacial score (nSPS) is 19.1. The summed E-state index contributed by atoms with van der Waals surface area (Å²) in [6.45, 7) is 0.185. The van der Waals surface area contributed by atoms with Crippen LogP contribution in [0.2, 0.25) is 0 Å². The van der Waals surface area contributed by atoms with Gasteiger partial charge in [0.1, 0.15) is 12.1 Å². The second kappa shape index (κ2) is 14.8. The van der Waals surface area contributed by atoms with Crippen LogP contribution in [-0.2, 0) is 4.79 Å². The number of nitrogen functional groups attached to an aromatic ring is 1. The minimum atomic E-state index is 0.185. The van der Waals surface area contributed by atoms with Gasteiger partial charge in [0.05, 0.1) is 22.5 Å². The number of pyridine rings is 1. The summed E-state index contributed by atoms with van der Waals surface area (Å²) in [5, 5.41) is 15.2. The van der Waals surface area contributed by atoms with E-state index in [1.165, 1.54) is 32.0 Å². The molecule has 2 atom stereocenters. The lowest BCUT2D eigenvalue weighted by atomic mass is 9.89. The molecule has 4 aromatic rings. The Kier molecular flexibility index (Phi) is 11.0. The van der Waals surface area contributed by atoms with Crippen LogP contribution in [0.25, 0.3) is 28.0 Å². The van der Waals surface area contributed by atoms with Crippen LogP contribution in [0, 0.1) is 5.41 Å². The lowest BCUT2D eigenvalue weighted by Gasteiger charge is -2.30. The second-order valence-corrected chi connectivity index (χ2v) is 10.9. The van der Waals surface area contributed by atoms with Gasteiger partial charge >= 0.3 is 0 Å². The molecule has 3 aromatic heterocycles. The molecule has 0 spiro atoms. The lowest BCUT2D eigenvalue weighted by Crippen LogP contribution is -2.37. The number of benzene rings is 1. The molecule has 10 nitrogen and oxygen atoms in total. The Morgan fingerprint density at radius 1 is 1.10 bits per heavy atom. The largest absolute Gasteiger partial charge is 0.383 e. The highest BCUT2D eigenvalue weighted by atomic mass is 32.2. The maximum atomic E-state index is 9.60. The van der Waals surface area contributed by atoms with E-state index in [1.54, 1.807) is 16.3 Å². The molecule has 1 aromatic carbocycles. The van der Waals surface area contributed by atoms with Gasteiger partial charge in [-0.15, -0.1) is 11.8 Å². The van der Waals surface area contributed by atoms with E-state index in [1.807, 2.05) is 30.6 Å². The molecular weight excluding hydrogens is 546 g/mol. The Morgan fingerprint density at radius 3 is 2.40 bits per heavy atom. The number of aldehydes is 1. The summed E-state index contributed by atoms with van der Waals surface area (Å²) in [5.74, 6) is 1.12. The average molecular weight is 586 g/mol. The Morgan fingerprint density at radius 2 is 1.81 bits per heavy atom. The Hall–Kier alpha value is -3.90. The van der Waals surface area contributed by atoms with E-state index in [-0.39, 0.29) is 12.3 Å². The van der Waals surface area contributed by atoms with E-state index >= 15 is 0 Å². The monoisotopic (exact) mass is 585 g/mol. The standard InChI is InChI=1S/C25H26N6S.C5H8N2O.CH5N/c1-32-23-22(17-11-18-8-9-19(12-17)29-18)30-25-20(14-28-31(25)24(23)26)16-7-10-21(27-13-16)15-5-3-2-4-6-15;6-4-5(7)2-1-3-8;1-2/h2-7,10,13-14,17-19,29H,8-9,11-12,26H2,1H3;1-3,7H,4,6H2;2H2,1H3/b;2-1+,7-5?;. The van der Waals surface area contributed by atoms with Crippen LogP contribution in [0.5, 0.6) is 0 Å². The number of fused-ring (bicyclic) bond motifs is 3. The summed E-state index contributed by atoms with van der Waals surface area (Å²) in [4.78, 5) is 20.6. The topological polar surface area (TPSA) is 174 Å². The number of thioether (sulfide) groups is 1. The first-order chi connectivity index (χ1) is 20.5. The summed E-state index contributed by atoms with van der Waals surface area (Å²) < 4.78 is 1.78. The number of anilines is 1. The van der Waals surface area contributed by atoms with Gasteiger partial charge in [0.25, 0.3) is 0 Å². The Labute approximate surface area is 250 Å². The minimum absolute atomic E-state index is 0.185. The number of carbonyl (C=O) groups is 1. The van der Waals surface area contributed by atoms with E-state index in [2.05, 4.69) is 46.7 Å². The fraction of sp³-hybridized carbons (Fsp3) is 0.323. The third-order valence-electron chi connectivity index (χ3n) is 7.47. The first-order valence-electron chi connectivity index (χ1n) is 14.0. The van der Waals surface area contributed by atoms with Gasteiger partial charge in [0.15, 0.2) is 5.65 Å². The second-order valence-electron chi connectivity index (χ2n) is 10.0. The van der Waals surface area contributed by atoms with E-state index in [0.717, 1.165) is 51.5 Å². The highest BCUT2D eigenvalue weighted by molar-refractivity contribution is 7.98. The number of nitrogens with two attached hydrogens (primary N) is 3. The van der Waals surface area contributed by atoms with Gasteiger partial charge < -0.3 is 27.9 Å². The van der Waals surface area contributed by atoms with Crippen molar-refractivity contribution < 1.29 is 4.79 Å². The zero-order chi connectivity index (χ0) is 30.1. The van der Waals surface area contributed by atoms with Crippen molar-refractivity contribution in [3.05, 3.63) is 72.7 Å². The molecule has 6 rings (SSSR count). The number of nitrogens with zero attached hydrogens (tertiary/aromatic N) is 4. The summed E-state index contributed by atoms with van der Waals surface area (Å²) in [6, 6.07) is 15.6. The number of hydrogen-bond donors (Lipinski definition) is 5. The van der Waals surface area contributed by atoms with Crippen molar-refractivity contribution in [2.75, 3.05) is 25.6 Å². The molecule has 0 amide bonds. The average Bonchev–Trinajstić information content (AvgIpc) is 3.63. The molecule has 0 radical (unpaired) electrons. The van der Waals surface area contributed by atoms with Gasteiger partial charge in [-0.25, -0.2) is 4.98 Å². The first kappa shape index (κ1) is 31.0. The number of rotatable bonds is 7. The molecule has 220 valence electrons. The fourth-order valence-electron chi connectivity index (χ4n) is 5.54. The number of allylic oxidation sites excluding steroid dienone is 1. The molecule has 2 bridgehead atoms. The first-order valence-corrected chi connectivity index (χ1v) is 15.2. The van der Waals surface area contributed by atoms with Crippen LogP contribution in [0.15, 0.2) is 71.9 Å². The minimum Gasteiger partial charge on any atom is -0.383 e. The highest BCUT2D eigenvalue weighted by Crippen LogP contribution is 2.42. The van der Waals surface area contributed by atoms with Crippen LogP contribution in [0.1, 0.15) is 37.3 Å². The van der Waals surface area contributed by atoms with Crippen LogP contribution in [-0.4, -0.2) is 63.5 Å². The molecule has 42 heavy (non-hydrogen) atoms. The summed E-state index contributed by atoms with van der Waals surface area (Å²) in [7, 11) is 1.50. The fourth-order valence-corrected chi connectivity index (χ4v) is 6.26. The molecule has 8 N–H and O–H groups in total. The maximum absolute atomic E-state index is 9.60. The van der Waals surface area contributed by atoms with Gasteiger partial charge in [0.2, 0.25) is 0 Å². The van der Waals surface area contributed by atoms with Crippen molar-refractivity contribution in [1.29, 1.82) is 5.41 Å². The third-order valence-corrected chi connectivity index (χ3v) is 8.29. The molecule has 2 aliphatic heterocycles. The molecule has 0 aliphatic carbocycles. The summed E-state index contributed by atoms with van der Waals surface area (Å²) >= 11 is 1.68. The Balaban J connectivity index is 0.000000354. The van der Waals surface area contributed by atoms with E-state index in [9.17, 15) is 4.79 Å².